The maximum Gasteiger partial charge on any atom is 0.318 e. The first-order valence-electron chi connectivity index (χ1n) is 7.83. The molecule has 2 fully saturated rings. The molecular formula is C15H27N3O3. The van der Waals surface area contributed by atoms with E-state index in [0.717, 1.165) is 26.1 Å². The molecule has 6 nitrogen and oxygen atoms in total. The Morgan fingerprint density at radius 2 is 2.00 bits per heavy atom. The monoisotopic (exact) mass is 297 g/mol. The molecule has 2 unspecified atom stereocenters. The van der Waals surface area contributed by atoms with E-state index < -0.39 is 11.5 Å². The number of nitrogens with one attached hydrogen (secondary N) is 1. The van der Waals surface area contributed by atoms with Gasteiger partial charge >= 0.3 is 12.0 Å². The predicted molar refractivity (Wildman–Crippen MR) is 80.2 cm³/mol. The SMILES string of the molecule is CC1CN2CCCCC2CN1C(=O)NC(C)(C)CC(=O)O. The third-order valence-corrected chi connectivity index (χ3v) is 4.49. The van der Waals surface area contributed by atoms with Crippen LogP contribution >= 0.6 is 0 Å². The van der Waals surface area contributed by atoms with Gasteiger partial charge in [-0.1, -0.05) is 6.42 Å². The predicted octanol–water partition coefficient (Wildman–Crippen LogP) is 1.51. The minimum Gasteiger partial charge on any atom is -0.481 e. The molecule has 2 saturated heterocycles. The second kappa shape index (κ2) is 6.22. The van der Waals surface area contributed by atoms with E-state index in [1.807, 2.05) is 4.90 Å². The molecule has 0 spiro atoms. The highest BCUT2D eigenvalue weighted by molar-refractivity contribution is 5.77. The maximum atomic E-state index is 12.5. The summed E-state index contributed by atoms with van der Waals surface area (Å²) in [6.07, 6.45) is 3.56. The van der Waals surface area contributed by atoms with E-state index in [-0.39, 0.29) is 18.5 Å². The van der Waals surface area contributed by atoms with E-state index in [1.54, 1.807) is 13.8 Å². The largest absolute Gasteiger partial charge is 0.481 e. The first-order valence-corrected chi connectivity index (χ1v) is 7.83. The zero-order valence-corrected chi connectivity index (χ0v) is 13.3. The number of fused-ring (bicyclic) bond motifs is 1. The molecule has 2 amide bonds. The zero-order valence-electron chi connectivity index (χ0n) is 13.3. The minimum absolute atomic E-state index is 0.0729. The van der Waals surface area contributed by atoms with Crippen molar-refractivity contribution in [3.05, 3.63) is 0 Å². The number of carbonyl (C=O) groups is 2. The molecule has 2 heterocycles. The quantitative estimate of drug-likeness (QED) is 0.828. The Morgan fingerprint density at radius 3 is 2.67 bits per heavy atom. The van der Waals surface area contributed by atoms with E-state index in [1.165, 1.54) is 12.8 Å². The van der Waals surface area contributed by atoms with Gasteiger partial charge in [-0.3, -0.25) is 9.69 Å². The Morgan fingerprint density at radius 1 is 1.29 bits per heavy atom. The number of nitrogens with zero attached hydrogens (tertiary/aromatic N) is 2. The number of carbonyl (C=O) groups excluding carboxylic acids is 1. The summed E-state index contributed by atoms with van der Waals surface area (Å²) in [5.41, 5.74) is -0.730. The molecule has 2 rings (SSSR count). The minimum atomic E-state index is -0.898. The van der Waals surface area contributed by atoms with Gasteiger partial charge in [0, 0.05) is 30.7 Å². The van der Waals surface area contributed by atoms with E-state index in [2.05, 4.69) is 17.1 Å². The lowest BCUT2D eigenvalue weighted by molar-refractivity contribution is -0.138. The average Bonchev–Trinajstić information content (AvgIpc) is 2.35. The molecule has 0 bridgehead atoms. The normalized spacial score (nSPS) is 27.1. The molecule has 2 N–H and O–H groups in total. The molecule has 2 atom stereocenters. The van der Waals surface area contributed by atoms with Gasteiger partial charge in [-0.25, -0.2) is 4.79 Å². The van der Waals surface area contributed by atoms with Gasteiger partial charge in [0.05, 0.1) is 6.42 Å². The molecule has 0 saturated carbocycles. The van der Waals surface area contributed by atoms with Gasteiger partial charge in [-0.15, -0.1) is 0 Å². The van der Waals surface area contributed by atoms with Crippen molar-refractivity contribution in [1.29, 1.82) is 0 Å². The van der Waals surface area contributed by atoms with Crippen molar-refractivity contribution >= 4 is 12.0 Å². The number of amides is 2. The standard InChI is InChI=1S/C15H27N3O3/c1-11-9-17-7-5-4-6-12(17)10-18(11)14(21)16-15(2,3)8-13(19)20/h11-12H,4-10H2,1-3H3,(H,16,21)(H,19,20). The summed E-state index contributed by atoms with van der Waals surface area (Å²) in [7, 11) is 0. The van der Waals surface area contributed by atoms with Crippen LogP contribution in [0.3, 0.4) is 0 Å². The summed E-state index contributed by atoms with van der Waals surface area (Å²) < 4.78 is 0. The zero-order chi connectivity index (χ0) is 15.6. The number of hydrogen-bond acceptors (Lipinski definition) is 3. The molecule has 0 aliphatic carbocycles. The number of aliphatic carboxylic acids is 1. The van der Waals surface area contributed by atoms with Crippen LogP contribution in [0.5, 0.6) is 0 Å². The summed E-state index contributed by atoms with van der Waals surface area (Å²) in [6, 6.07) is 0.488. The lowest BCUT2D eigenvalue weighted by Gasteiger charge is -2.48. The van der Waals surface area contributed by atoms with Crippen molar-refractivity contribution in [3.8, 4) is 0 Å². The van der Waals surface area contributed by atoms with Crippen LogP contribution in [0.25, 0.3) is 0 Å². The summed E-state index contributed by atoms with van der Waals surface area (Å²) in [4.78, 5) is 27.7. The Balaban J connectivity index is 1.96. The van der Waals surface area contributed by atoms with Crippen LogP contribution in [0.2, 0.25) is 0 Å². The first-order chi connectivity index (χ1) is 9.78. The molecule has 120 valence electrons. The van der Waals surface area contributed by atoms with E-state index in [0.29, 0.717) is 6.04 Å². The number of piperazine rings is 1. The third-order valence-electron chi connectivity index (χ3n) is 4.49. The Labute approximate surface area is 126 Å². The fraction of sp³-hybridized carbons (Fsp3) is 0.867. The lowest BCUT2D eigenvalue weighted by Crippen LogP contribution is -2.63. The molecule has 0 aromatic carbocycles. The summed E-state index contributed by atoms with van der Waals surface area (Å²) >= 11 is 0. The lowest BCUT2D eigenvalue weighted by atomic mass is 9.97. The third kappa shape index (κ3) is 4.09. The van der Waals surface area contributed by atoms with Crippen molar-refractivity contribution in [1.82, 2.24) is 15.1 Å². The molecule has 21 heavy (non-hydrogen) atoms. The van der Waals surface area contributed by atoms with Crippen molar-refractivity contribution in [2.75, 3.05) is 19.6 Å². The summed E-state index contributed by atoms with van der Waals surface area (Å²) in [5, 5.41) is 11.8. The highest BCUT2D eigenvalue weighted by Crippen LogP contribution is 2.24. The average molecular weight is 297 g/mol. The number of piperidine rings is 1. The van der Waals surface area contributed by atoms with Gasteiger partial charge in [0.2, 0.25) is 0 Å². The highest BCUT2D eigenvalue weighted by Gasteiger charge is 2.36. The van der Waals surface area contributed by atoms with Crippen LogP contribution in [-0.4, -0.2) is 64.2 Å². The molecule has 6 heteroatoms. The fourth-order valence-electron chi connectivity index (χ4n) is 3.42. The second-order valence-corrected chi connectivity index (χ2v) is 7.03. The smallest absolute Gasteiger partial charge is 0.318 e. The Kier molecular flexibility index (Phi) is 4.76. The molecule has 0 radical (unpaired) electrons. The van der Waals surface area contributed by atoms with Crippen molar-refractivity contribution in [2.24, 2.45) is 0 Å². The summed E-state index contributed by atoms with van der Waals surface area (Å²) in [5.74, 6) is -0.898. The molecule has 0 aromatic heterocycles. The van der Waals surface area contributed by atoms with Crippen LogP contribution in [-0.2, 0) is 4.79 Å². The van der Waals surface area contributed by atoms with Gasteiger partial charge in [-0.2, -0.15) is 0 Å². The second-order valence-electron chi connectivity index (χ2n) is 7.03. The van der Waals surface area contributed by atoms with Crippen molar-refractivity contribution in [3.63, 3.8) is 0 Å². The number of urea groups is 1. The topological polar surface area (TPSA) is 72.9 Å². The molecule has 2 aliphatic rings. The fourth-order valence-corrected chi connectivity index (χ4v) is 3.42. The number of hydrogen-bond donors (Lipinski definition) is 2. The van der Waals surface area contributed by atoms with E-state index in [4.69, 9.17) is 5.11 Å². The Hall–Kier alpha value is -1.30. The first kappa shape index (κ1) is 16.1. The highest BCUT2D eigenvalue weighted by atomic mass is 16.4. The summed E-state index contributed by atoms with van der Waals surface area (Å²) in [6.45, 7) is 8.36. The molecule has 0 aromatic rings. The Bertz CT molecular complexity index is 411. The van der Waals surface area contributed by atoms with Crippen LogP contribution in [0.4, 0.5) is 4.79 Å². The van der Waals surface area contributed by atoms with Crippen molar-refractivity contribution < 1.29 is 14.7 Å². The van der Waals surface area contributed by atoms with Gasteiger partial charge in [0.1, 0.15) is 0 Å². The number of carboxylic acids is 1. The maximum absolute atomic E-state index is 12.5. The number of carboxylic acid groups (broad SMARTS) is 1. The van der Waals surface area contributed by atoms with Gasteiger partial charge < -0.3 is 15.3 Å². The van der Waals surface area contributed by atoms with Crippen LogP contribution < -0.4 is 5.32 Å². The van der Waals surface area contributed by atoms with Crippen molar-refractivity contribution in [2.45, 2.75) is 64.1 Å². The van der Waals surface area contributed by atoms with Crippen LogP contribution in [0.1, 0.15) is 46.5 Å². The van der Waals surface area contributed by atoms with E-state index in [9.17, 15) is 9.59 Å². The van der Waals surface area contributed by atoms with Gasteiger partial charge in [0.25, 0.3) is 0 Å². The van der Waals surface area contributed by atoms with Crippen LogP contribution in [0, 0.1) is 0 Å². The molecule has 2 aliphatic heterocycles. The van der Waals surface area contributed by atoms with Gasteiger partial charge in [0.15, 0.2) is 0 Å². The van der Waals surface area contributed by atoms with E-state index >= 15 is 0 Å². The molecular weight excluding hydrogens is 270 g/mol. The van der Waals surface area contributed by atoms with Crippen LogP contribution in [0.15, 0.2) is 0 Å². The van der Waals surface area contributed by atoms with Gasteiger partial charge in [-0.05, 0) is 40.2 Å². The number of rotatable bonds is 3.